The number of ether oxygens (including phenoxy) is 1. The highest BCUT2D eigenvalue weighted by Gasteiger charge is 2.33. The molecule has 1 aromatic heterocycles. The standard InChI is InChI=1S/C18H15F3N2O2/c19-18(20,21)14-8-9-22-16(10-14)25-15-11-23(12-15)17(24)7-6-13-4-2-1-3-5-13/h1-10,15H,11-12H2/b7-6+. The second kappa shape index (κ2) is 6.96. The monoisotopic (exact) mass is 348 g/mol. The number of carbonyl (C=O) groups excluding carboxylic acids is 1. The number of pyridine rings is 1. The minimum absolute atomic E-state index is 0.0910. The van der Waals surface area contributed by atoms with Crippen LogP contribution in [0.3, 0.4) is 0 Å². The van der Waals surface area contributed by atoms with Crippen LogP contribution in [-0.2, 0) is 11.0 Å². The first kappa shape index (κ1) is 17.0. The van der Waals surface area contributed by atoms with Crippen molar-refractivity contribution in [2.45, 2.75) is 12.3 Å². The molecule has 0 N–H and O–H groups in total. The molecule has 0 saturated carbocycles. The summed E-state index contributed by atoms with van der Waals surface area (Å²) in [5.41, 5.74) is 0.105. The van der Waals surface area contributed by atoms with E-state index in [9.17, 15) is 18.0 Å². The summed E-state index contributed by atoms with van der Waals surface area (Å²) in [7, 11) is 0. The summed E-state index contributed by atoms with van der Waals surface area (Å²) in [6.07, 6.45) is -0.559. The van der Waals surface area contributed by atoms with Crippen molar-refractivity contribution in [2.75, 3.05) is 13.1 Å². The van der Waals surface area contributed by atoms with Crippen molar-refractivity contribution in [3.8, 4) is 5.88 Å². The highest BCUT2D eigenvalue weighted by molar-refractivity contribution is 5.92. The lowest BCUT2D eigenvalue weighted by atomic mass is 10.1. The fourth-order valence-electron chi connectivity index (χ4n) is 2.35. The molecular formula is C18H15F3N2O2. The molecule has 1 aliphatic heterocycles. The summed E-state index contributed by atoms with van der Waals surface area (Å²) in [4.78, 5) is 17.3. The molecule has 0 aliphatic carbocycles. The van der Waals surface area contributed by atoms with Gasteiger partial charge >= 0.3 is 6.18 Å². The first-order valence-corrected chi connectivity index (χ1v) is 7.64. The second-order valence-corrected chi connectivity index (χ2v) is 5.61. The van der Waals surface area contributed by atoms with Gasteiger partial charge in [-0.25, -0.2) is 4.98 Å². The molecule has 0 spiro atoms. The number of alkyl halides is 3. The van der Waals surface area contributed by atoms with E-state index >= 15 is 0 Å². The Morgan fingerprint density at radius 3 is 2.60 bits per heavy atom. The first-order valence-electron chi connectivity index (χ1n) is 7.64. The Kier molecular flexibility index (Phi) is 4.74. The Hall–Kier alpha value is -2.83. The van der Waals surface area contributed by atoms with Gasteiger partial charge in [0, 0.05) is 18.3 Å². The third kappa shape index (κ3) is 4.37. The highest BCUT2D eigenvalue weighted by atomic mass is 19.4. The van der Waals surface area contributed by atoms with Gasteiger partial charge in [-0.3, -0.25) is 4.79 Å². The van der Waals surface area contributed by atoms with Crippen LogP contribution < -0.4 is 4.74 Å². The molecule has 4 nitrogen and oxygen atoms in total. The second-order valence-electron chi connectivity index (χ2n) is 5.61. The average molecular weight is 348 g/mol. The van der Waals surface area contributed by atoms with Crippen LogP contribution in [0.4, 0.5) is 13.2 Å². The molecular weight excluding hydrogens is 333 g/mol. The van der Waals surface area contributed by atoms with Gasteiger partial charge < -0.3 is 9.64 Å². The number of hydrogen-bond acceptors (Lipinski definition) is 3. The van der Waals surface area contributed by atoms with Crippen LogP contribution in [0, 0.1) is 0 Å². The number of rotatable bonds is 4. The molecule has 7 heteroatoms. The number of likely N-dealkylation sites (tertiary alicyclic amines) is 1. The van der Waals surface area contributed by atoms with Crippen molar-refractivity contribution in [2.24, 2.45) is 0 Å². The number of nitrogens with zero attached hydrogens (tertiary/aromatic N) is 2. The fourth-order valence-corrected chi connectivity index (χ4v) is 2.35. The lowest BCUT2D eigenvalue weighted by molar-refractivity contribution is -0.137. The Morgan fingerprint density at radius 2 is 1.92 bits per heavy atom. The van der Waals surface area contributed by atoms with Gasteiger partial charge in [-0.15, -0.1) is 0 Å². The molecule has 3 rings (SSSR count). The largest absolute Gasteiger partial charge is 0.471 e. The van der Waals surface area contributed by atoms with Gasteiger partial charge in [0.2, 0.25) is 11.8 Å². The zero-order valence-corrected chi connectivity index (χ0v) is 13.1. The van der Waals surface area contributed by atoms with E-state index in [0.29, 0.717) is 13.1 Å². The number of halogens is 3. The van der Waals surface area contributed by atoms with Gasteiger partial charge in [0.1, 0.15) is 6.10 Å². The number of aromatic nitrogens is 1. The topological polar surface area (TPSA) is 42.4 Å². The number of hydrogen-bond donors (Lipinski definition) is 0. The molecule has 130 valence electrons. The smallest absolute Gasteiger partial charge is 0.416 e. The predicted molar refractivity (Wildman–Crippen MR) is 85.7 cm³/mol. The minimum Gasteiger partial charge on any atom is -0.471 e. The summed E-state index contributed by atoms with van der Waals surface area (Å²) in [5.74, 6) is -0.257. The molecule has 1 aliphatic rings. The summed E-state index contributed by atoms with van der Waals surface area (Å²) < 4.78 is 43.4. The third-order valence-electron chi connectivity index (χ3n) is 3.73. The quantitative estimate of drug-likeness (QED) is 0.796. The lowest BCUT2D eigenvalue weighted by Crippen LogP contribution is -2.55. The maximum atomic E-state index is 12.7. The molecule has 25 heavy (non-hydrogen) atoms. The minimum atomic E-state index is -4.44. The highest BCUT2D eigenvalue weighted by Crippen LogP contribution is 2.31. The first-order chi connectivity index (χ1) is 11.9. The van der Waals surface area contributed by atoms with Crippen molar-refractivity contribution >= 4 is 12.0 Å². The molecule has 0 bridgehead atoms. The summed E-state index contributed by atoms with van der Waals surface area (Å²) >= 11 is 0. The maximum Gasteiger partial charge on any atom is 0.416 e. The van der Waals surface area contributed by atoms with E-state index in [0.717, 1.165) is 23.9 Å². The molecule has 0 radical (unpaired) electrons. The third-order valence-corrected chi connectivity index (χ3v) is 3.73. The van der Waals surface area contributed by atoms with Crippen LogP contribution in [-0.4, -0.2) is 35.0 Å². The Morgan fingerprint density at radius 1 is 1.20 bits per heavy atom. The lowest BCUT2D eigenvalue weighted by Gasteiger charge is -2.38. The summed E-state index contributed by atoms with van der Waals surface area (Å²) in [5, 5.41) is 0. The Bertz CT molecular complexity index is 769. The summed E-state index contributed by atoms with van der Waals surface area (Å²) in [6, 6.07) is 11.1. The van der Waals surface area contributed by atoms with Gasteiger partial charge in [0.15, 0.2) is 0 Å². The van der Waals surface area contributed by atoms with E-state index in [1.807, 2.05) is 30.3 Å². The Labute approximate surface area is 142 Å². The molecule has 1 saturated heterocycles. The van der Waals surface area contributed by atoms with Crippen molar-refractivity contribution in [3.05, 3.63) is 65.9 Å². The number of carbonyl (C=O) groups is 1. The van der Waals surface area contributed by atoms with E-state index in [-0.39, 0.29) is 17.9 Å². The Balaban J connectivity index is 1.51. The van der Waals surface area contributed by atoms with Crippen LogP contribution in [0.5, 0.6) is 5.88 Å². The van der Waals surface area contributed by atoms with Crippen LogP contribution >= 0.6 is 0 Å². The van der Waals surface area contributed by atoms with Crippen molar-refractivity contribution < 1.29 is 22.7 Å². The molecule has 0 unspecified atom stereocenters. The summed E-state index contributed by atoms with van der Waals surface area (Å²) in [6.45, 7) is 0.631. The van der Waals surface area contributed by atoms with Crippen LogP contribution in [0.15, 0.2) is 54.7 Å². The zero-order chi connectivity index (χ0) is 17.9. The van der Waals surface area contributed by atoms with Gasteiger partial charge in [-0.1, -0.05) is 30.3 Å². The van der Waals surface area contributed by atoms with Crippen LogP contribution in [0.2, 0.25) is 0 Å². The molecule has 2 aromatic rings. The van der Waals surface area contributed by atoms with E-state index in [4.69, 9.17) is 4.74 Å². The van der Waals surface area contributed by atoms with Crippen molar-refractivity contribution in [3.63, 3.8) is 0 Å². The molecule has 1 aromatic carbocycles. The van der Waals surface area contributed by atoms with Crippen molar-refractivity contribution in [1.82, 2.24) is 9.88 Å². The molecule has 2 heterocycles. The van der Waals surface area contributed by atoms with Gasteiger partial charge in [0.25, 0.3) is 0 Å². The van der Waals surface area contributed by atoms with Gasteiger partial charge in [-0.2, -0.15) is 13.2 Å². The number of amides is 1. The van der Waals surface area contributed by atoms with E-state index < -0.39 is 11.7 Å². The average Bonchev–Trinajstić information content (AvgIpc) is 2.56. The fraction of sp³-hybridized carbons (Fsp3) is 0.222. The van der Waals surface area contributed by atoms with E-state index in [1.54, 1.807) is 11.0 Å². The van der Waals surface area contributed by atoms with E-state index in [2.05, 4.69) is 4.98 Å². The normalized spacial score (nSPS) is 15.2. The van der Waals surface area contributed by atoms with E-state index in [1.165, 1.54) is 6.08 Å². The maximum absolute atomic E-state index is 12.7. The predicted octanol–water partition coefficient (Wildman–Crippen LogP) is 3.40. The number of benzene rings is 1. The van der Waals surface area contributed by atoms with Crippen LogP contribution in [0.1, 0.15) is 11.1 Å². The van der Waals surface area contributed by atoms with Crippen molar-refractivity contribution in [1.29, 1.82) is 0 Å². The van der Waals surface area contributed by atoms with Crippen LogP contribution in [0.25, 0.3) is 6.08 Å². The SMILES string of the molecule is O=C(/C=C/c1ccccc1)N1CC(Oc2cc(C(F)(F)F)ccn2)C1. The van der Waals surface area contributed by atoms with Gasteiger partial charge in [0.05, 0.1) is 18.7 Å². The zero-order valence-electron chi connectivity index (χ0n) is 13.1. The molecule has 1 amide bonds. The van der Waals surface area contributed by atoms with Gasteiger partial charge in [-0.05, 0) is 17.7 Å². The molecule has 1 fully saturated rings. The molecule has 0 atom stereocenters.